The molecule has 0 saturated heterocycles. The third-order valence-electron chi connectivity index (χ3n) is 6.01. The lowest BCUT2D eigenvalue weighted by atomic mass is 9.49. The van der Waals surface area contributed by atoms with Gasteiger partial charge in [-0.25, -0.2) is 4.79 Å². The fraction of sp³-hybridized carbons (Fsp3) is 0.765. The molecule has 0 aromatic heterocycles. The van der Waals surface area contributed by atoms with Crippen LogP contribution in [0.1, 0.15) is 52.4 Å². The van der Waals surface area contributed by atoms with Gasteiger partial charge >= 0.3 is 5.97 Å². The van der Waals surface area contributed by atoms with E-state index in [0.717, 1.165) is 24.3 Å². The first kappa shape index (κ1) is 14.6. The average molecular weight is 291 g/mol. The molecule has 0 spiro atoms. The summed E-state index contributed by atoms with van der Waals surface area (Å²) < 4.78 is 0. The Bertz CT molecular complexity index is 471. The lowest BCUT2D eigenvalue weighted by molar-refractivity contribution is -0.133. The molecule has 0 aliphatic heterocycles. The number of amides is 1. The van der Waals surface area contributed by atoms with Crippen molar-refractivity contribution in [3.63, 3.8) is 0 Å². The van der Waals surface area contributed by atoms with Gasteiger partial charge in [0.1, 0.15) is 0 Å². The molecular weight excluding hydrogens is 266 g/mol. The van der Waals surface area contributed by atoms with Crippen LogP contribution in [0.5, 0.6) is 0 Å². The van der Waals surface area contributed by atoms with E-state index in [0.29, 0.717) is 11.0 Å². The first-order valence-electron chi connectivity index (χ1n) is 8.07. The Balaban J connectivity index is 1.64. The molecule has 4 nitrogen and oxygen atoms in total. The molecule has 4 aliphatic rings. The molecule has 0 aromatic rings. The van der Waals surface area contributed by atoms with Gasteiger partial charge < -0.3 is 10.4 Å². The summed E-state index contributed by atoms with van der Waals surface area (Å²) in [6.45, 7) is 3.81. The number of hydrogen-bond acceptors (Lipinski definition) is 2. The molecule has 0 unspecified atom stereocenters. The van der Waals surface area contributed by atoms with Gasteiger partial charge in [0, 0.05) is 17.7 Å². The quantitative estimate of drug-likeness (QED) is 0.783. The van der Waals surface area contributed by atoms with Crippen LogP contribution >= 0.6 is 0 Å². The van der Waals surface area contributed by atoms with Crippen molar-refractivity contribution in [3.8, 4) is 0 Å². The van der Waals surface area contributed by atoms with Crippen LogP contribution in [-0.4, -0.2) is 23.5 Å². The van der Waals surface area contributed by atoms with Crippen molar-refractivity contribution < 1.29 is 14.7 Å². The van der Waals surface area contributed by atoms with Gasteiger partial charge in [-0.1, -0.05) is 0 Å². The second kappa shape index (κ2) is 5.15. The summed E-state index contributed by atoms with van der Waals surface area (Å²) >= 11 is 0. The third-order valence-corrected chi connectivity index (χ3v) is 6.01. The minimum Gasteiger partial charge on any atom is -0.478 e. The Hall–Kier alpha value is -1.32. The Labute approximate surface area is 126 Å². The van der Waals surface area contributed by atoms with Gasteiger partial charge in [0.05, 0.1) is 0 Å². The zero-order valence-corrected chi connectivity index (χ0v) is 12.9. The summed E-state index contributed by atoms with van der Waals surface area (Å²) in [4.78, 5) is 23.1. The first-order valence-corrected chi connectivity index (χ1v) is 8.07. The van der Waals surface area contributed by atoms with Crippen molar-refractivity contribution in [3.05, 3.63) is 11.1 Å². The normalized spacial score (nSPS) is 38.1. The fourth-order valence-electron chi connectivity index (χ4n) is 5.24. The van der Waals surface area contributed by atoms with Crippen molar-refractivity contribution in [2.45, 2.75) is 52.4 Å². The molecule has 4 saturated carbocycles. The van der Waals surface area contributed by atoms with E-state index in [1.807, 2.05) is 0 Å². The van der Waals surface area contributed by atoms with Crippen LogP contribution in [0.2, 0.25) is 0 Å². The van der Waals surface area contributed by atoms with Gasteiger partial charge in [0.2, 0.25) is 5.91 Å². The maximum atomic E-state index is 12.1. The molecule has 0 atom stereocenters. The summed E-state index contributed by atoms with van der Waals surface area (Å²) in [7, 11) is 0. The zero-order valence-electron chi connectivity index (χ0n) is 12.9. The molecule has 4 aliphatic carbocycles. The maximum Gasteiger partial charge on any atom is 0.331 e. The second-order valence-corrected chi connectivity index (χ2v) is 7.66. The van der Waals surface area contributed by atoms with E-state index in [1.165, 1.54) is 45.4 Å². The summed E-state index contributed by atoms with van der Waals surface area (Å²) in [5.74, 6) is 1.37. The minimum atomic E-state index is -1.02. The molecule has 2 N–H and O–H groups in total. The highest BCUT2D eigenvalue weighted by Crippen LogP contribution is 2.59. The lowest BCUT2D eigenvalue weighted by Crippen LogP contribution is -2.51. The molecule has 4 fully saturated rings. The van der Waals surface area contributed by atoms with Crippen LogP contribution in [0.4, 0.5) is 0 Å². The highest BCUT2D eigenvalue weighted by Gasteiger charge is 2.50. The van der Waals surface area contributed by atoms with Gasteiger partial charge in [-0.3, -0.25) is 4.79 Å². The van der Waals surface area contributed by atoms with E-state index in [4.69, 9.17) is 5.11 Å². The number of carbonyl (C=O) groups excluding carboxylic acids is 1. The van der Waals surface area contributed by atoms with Crippen LogP contribution in [-0.2, 0) is 9.59 Å². The largest absolute Gasteiger partial charge is 0.478 e. The first-order chi connectivity index (χ1) is 9.88. The number of rotatable bonds is 4. The number of carboxylic acid groups (broad SMARTS) is 1. The molecule has 4 bridgehead atoms. The van der Waals surface area contributed by atoms with Crippen molar-refractivity contribution in [1.29, 1.82) is 0 Å². The zero-order chi connectivity index (χ0) is 15.2. The Morgan fingerprint density at radius 2 is 1.48 bits per heavy atom. The van der Waals surface area contributed by atoms with Gasteiger partial charge in [-0.05, 0) is 75.5 Å². The smallest absolute Gasteiger partial charge is 0.331 e. The van der Waals surface area contributed by atoms with Crippen LogP contribution in [0.25, 0.3) is 0 Å². The maximum absolute atomic E-state index is 12.1. The Morgan fingerprint density at radius 3 is 1.90 bits per heavy atom. The molecule has 4 heteroatoms. The molecule has 4 rings (SSSR count). The van der Waals surface area contributed by atoms with E-state index < -0.39 is 5.97 Å². The molecule has 0 heterocycles. The summed E-state index contributed by atoms with van der Waals surface area (Å²) in [5, 5.41) is 12.0. The average Bonchev–Trinajstić information content (AvgIpc) is 2.41. The number of carboxylic acids is 1. The van der Waals surface area contributed by atoms with Crippen molar-refractivity contribution >= 4 is 11.9 Å². The van der Waals surface area contributed by atoms with E-state index in [1.54, 1.807) is 6.92 Å². The number of nitrogens with one attached hydrogen (secondary N) is 1. The molecule has 21 heavy (non-hydrogen) atoms. The second-order valence-electron chi connectivity index (χ2n) is 7.66. The van der Waals surface area contributed by atoms with Gasteiger partial charge in [0.15, 0.2) is 0 Å². The van der Waals surface area contributed by atoms with E-state index in [2.05, 4.69) is 5.32 Å². The van der Waals surface area contributed by atoms with E-state index >= 15 is 0 Å². The lowest BCUT2D eigenvalue weighted by Gasteiger charge is -2.56. The van der Waals surface area contributed by atoms with Crippen LogP contribution in [0.15, 0.2) is 11.1 Å². The van der Waals surface area contributed by atoms with Crippen LogP contribution in [0, 0.1) is 23.2 Å². The molecular formula is C17H25NO3. The third kappa shape index (κ3) is 2.72. The SMILES string of the molecule is CC(C(=O)O)=C(C)C(=O)NCC12CC3CC(CC(C3)C1)C2. The van der Waals surface area contributed by atoms with Crippen LogP contribution in [0.3, 0.4) is 0 Å². The number of carbonyl (C=O) groups is 2. The van der Waals surface area contributed by atoms with Crippen molar-refractivity contribution in [2.75, 3.05) is 6.54 Å². The van der Waals surface area contributed by atoms with Gasteiger partial charge in [-0.2, -0.15) is 0 Å². The molecule has 1 amide bonds. The highest BCUT2D eigenvalue weighted by atomic mass is 16.4. The van der Waals surface area contributed by atoms with Crippen molar-refractivity contribution in [1.82, 2.24) is 5.32 Å². The molecule has 0 aromatic carbocycles. The predicted octanol–water partition coefficient (Wildman–Crippen LogP) is 2.74. The van der Waals surface area contributed by atoms with Crippen molar-refractivity contribution in [2.24, 2.45) is 23.2 Å². The number of hydrogen-bond donors (Lipinski definition) is 2. The fourth-order valence-corrected chi connectivity index (χ4v) is 5.24. The highest BCUT2D eigenvalue weighted by molar-refractivity contribution is 6.01. The monoisotopic (exact) mass is 291 g/mol. The van der Waals surface area contributed by atoms with Gasteiger partial charge in [0.25, 0.3) is 0 Å². The molecule has 116 valence electrons. The Kier molecular flexibility index (Phi) is 3.58. The van der Waals surface area contributed by atoms with Crippen LogP contribution < -0.4 is 5.32 Å². The summed E-state index contributed by atoms with van der Waals surface area (Å²) in [5.41, 5.74) is 0.757. The Morgan fingerprint density at radius 1 is 1.00 bits per heavy atom. The standard InChI is InChI=1S/C17H25NO3/c1-10(11(2)16(20)21)15(19)18-9-17-6-12-3-13(7-17)5-14(4-12)8-17/h12-14H,3-9H2,1-2H3,(H,18,19)(H,20,21). The predicted molar refractivity (Wildman–Crippen MR) is 79.6 cm³/mol. The summed E-state index contributed by atoms with van der Waals surface area (Å²) in [6.07, 6.45) is 7.93. The number of aliphatic carboxylic acids is 1. The topological polar surface area (TPSA) is 66.4 Å². The minimum absolute atomic E-state index is 0.137. The van der Waals surface area contributed by atoms with Gasteiger partial charge in [-0.15, -0.1) is 0 Å². The van der Waals surface area contributed by atoms with E-state index in [-0.39, 0.29) is 11.5 Å². The summed E-state index contributed by atoms with van der Waals surface area (Å²) in [6, 6.07) is 0. The van der Waals surface area contributed by atoms with E-state index in [9.17, 15) is 9.59 Å². The molecule has 0 radical (unpaired) electrons.